The van der Waals surface area contributed by atoms with Crippen molar-refractivity contribution in [3.05, 3.63) is 74.8 Å². The van der Waals surface area contributed by atoms with Crippen molar-refractivity contribution in [2.45, 2.75) is 31.5 Å². The number of halogens is 4. The molecular weight excluding hydrogens is 477 g/mol. The first-order chi connectivity index (χ1) is 15.7. The Hall–Kier alpha value is -2.73. The highest BCUT2D eigenvalue weighted by atomic mass is 35.5. The second kappa shape index (κ2) is 9.26. The van der Waals surface area contributed by atoms with Crippen molar-refractivity contribution in [3.8, 4) is 0 Å². The van der Waals surface area contributed by atoms with Crippen molar-refractivity contribution >= 4 is 34.3 Å². The van der Waals surface area contributed by atoms with E-state index in [1.165, 1.54) is 29.5 Å². The average molecular weight is 497 g/mol. The summed E-state index contributed by atoms with van der Waals surface area (Å²) >= 11 is 7.72. The van der Waals surface area contributed by atoms with Gasteiger partial charge in [0.1, 0.15) is 11.9 Å². The van der Waals surface area contributed by atoms with E-state index in [4.69, 9.17) is 22.3 Å². The van der Waals surface area contributed by atoms with Gasteiger partial charge in [0.2, 0.25) is 0 Å². The number of nitrogens with zero attached hydrogens (tertiary/aromatic N) is 4. The summed E-state index contributed by atoms with van der Waals surface area (Å²) in [4.78, 5) is 9.04. The lowest BCUT2D eigenvalue weighted by Gasteiger charge is -2.32. The Morgan fingerprint density at radius 3 is 2.76 bits per heavy atom. The Balaban J connectivity index is 1.94. The molecule has 3 heterocycles. The van der Waals surface area contributed by atoms with E-state index in [-0.39, 0.29) is 23.7 Å². The highest BCUT2D eigenvalue weighted by Crippen LogP contribution is 2.42. The number of rotatable bonds is 7. The van der Waals surface area contributed by atoms with Gasteiger partial charge in [0.15, 0.2) is 10.8 Å². The molecule has 0 bridgehead atoms. The fraction of sp³-hybridized carbons (Fsp3) is 0.286. The molecule has 0 spiro atoms. The highest BCUT2D eigenvalue weighted by Gasteiger charge is 2.34. The maximum Gasteiger partial charge on any atom is 0.333 e. The third-order valence-electron chi connectivity index (χ3n) is 5.04. The van der Waals surface area contributed by atoms with Crippen molar-refractivity contribution in [2.24, 2.45) is 10.7 Å². The van der Waals surface area contributed by atoms with E-state index in [0.717, 1.165) is 12.3 Å². The summed E-state index contributed by atoms with van der Waals surface area (Å²) in [6, 6.07) is 4.52. The molecule has 7 nitrogen and oxygen atoms in total. The van der Waals surface area contributed by atoms with Crippen LogP contribution in [0, 0.1) is 5.82 Å². The summed E-state index contributed by atoms with van der Waals surface area (Å²) in [7, 11) is 0. The molecule has 0 unspecified atom stereocenters. The SMILES string of the molecule is C[C@@](N)(CO)CC1=C(c2ccn(C(F)F)n2)[C@H](c2ccc(F)cc2Cl)N=C(c2nccs2)N1. The minimum atomic E-state index is -2.83. The first-order valence-electron chi connectivity index (χ1n) is 9.84. The summed E-state index contributed by atoms with van der Waals surface area (Å²) in [6.07, 6.45) is 2.91. The Morgan fingerprint density at radius 2 is 2.15 bits per heavy atom. The first kappa shape index (κ1) is 23.4. The Bertz CT molecular complexity index is 1210. The summed E-state index contributed by atoms with van der Waals surface area (Å²) < 4.78 is 40.8. The van der Waals surface area contributed by atoms with Crippen LogP contribution in [0.3, 0.4) is 0 Å². The molecule has 1 aliphatic heterocycles. The van der Waals surface area contributed by atoms with Crippen LogP contribution in [0.5, 0.6) is 0 Å². The molecule has 0 amide bonds. The zero-order valence-electron chi connectivity index (χ0n) is 17.3. The standard InChI is InChI=1S/C21H20ClF3N6OS/c1-21(26,10-32)9-15-16(14-4-6-31(30-14)20(24)25)17(12-3-2-11(23)8-13(12)22)29-18(28-15)19-27-5-7-33-19/h2-8,17,20,32H,9-10,26H2,1H3,(H,28,29)/t17-,21-/m0/s1. The van der Waals surface area contributed by atoms with Crippen LogP contribution in [0.2, 0.25) is 5.02 Å². The van der Waals surface area contributed by atoms with Gasteiger partial charge in [-0.3, -0.25) is 4.99 Å². The fourth-order valence-electron chi connectivity index (χ4n) is 3.48. The molecule has 174 valence electrons. The topological polar surface area (TPSA) is 101 Å². The minimum absolute atomic E-state index is 0.118. The molecule has 4 N–H and O–H groups in total. The zero-order valence-corrected chi connectivity index (χ0v) is 18.9. The van der Waals surface area contributed by atoms with Crippen molar-refractivity contribution < 1.29 is 18.3 Å². The second-order valence-electron chi connectivity index (χ2n) is 7.85. The normalized spacial score (nSPS) is 18.3. The van der Waals surface area contributed by atoms with E-state index in [2.05, 4.69) is 15.4 Å². The minimum Gasteiger partial charge on any atom is -0.394 e. The van der Waals surface area contributed by atoms with E-state index in [0.29, 0.717) is 32.4 Å². The third-order valence-corrected chi connectivity index (χ3v) is 6.15. The van der Waals surface area contributed by atoms with Gasteiger partial charge in [0.05, 0.1) is 12.3 Å². The van der Waals surface area contributed by atoms with Gasteiger partial charge in [-0.05, 0) is 25.1 Å². The largest absolute Gasteiger partial charge is 0.394 e. The molecule has 0 saturated heterocycles. The number of benzene rings is 1. The maximum atomic E-state index is 13.8. The smallest absolute Gasteiger partial charge is 0.333 e. The van der Waals surface area contributed by atoms with Gasteiger partial charge in [-0.2, -0.15) is 13.9 Å². The van der Waals surface area contributed by atoms with Crippen LogP contribution in [0.1, 0.15) is 42.2 Å². The molecule has 0 radical (unpaired) electrons. The van der Waals surface area contributed by atoms with Crippen molar-refractivity contribution in [3.63, 3.8) is 0 Å². The predicted octanol–water partition coefficient (Wildman–Crippen LogP) is 4.13. The predicted molar refractivity (Wildman–Crippen MR) is 121 cm³/mol. The van der Waals surface area contributed by atoms with Crippen LogP contribution in [-0.2, 0) is 0 Å². The number of alkyl halides is 2. The first-order valence-corrected chi connectivity index (χ1v) is 11.1. The lowest BCUT2D eigenvalue weighted by atomic mass is 9.88. The van der Waals surface area contributed by atoms with Crippen LogP contribution in [0.4, 0.5) is 13.2 Å². The quantitative estimate of drug-likeness (QED) is 0.456. The number of hydrogen-bond acceptors (Lipinski definition) is 7. The fourth-order valence-corrected chi connectivity index (χ4v) is 4.34. The number of thiazole rings is 1. The number of nitrogens with two attached hydrogens (primary N) is 1. The molecular formula is C21H20ClF3N6OS. The molecule has 0 fully saturated rings. The number of aliphatic hydroxyl groups excluding tert-OH is 1. The molecule has 12 heteroatoms. The van der Waals surface area contributed by atoms with Crippen molar-refractivity contribution in [2.75, 3.05) is 6.61 Å². The average Bonchev–Trinajstić information content (AvgIpc) is 3.45. The van der Waals surface area contributed by atoms with E-state index < -0.39 is 23.9 Å². The van der Waals surface area contributed by atoms with Gasteiger partial charge >= 0.3 is 6.55 Å². The van der Waals surface area contributed by atoms with E-state index >= 15 is 0 Å². The third kappa shape index (κ3) is 4.96. The van der Waals surface area contributed by atoms with E-state index in [1.807, 2.05) is 0 Å². The Morgan fingerprint density at radius 1 is 1.36 bits per heavy atom. The molecule has 4 rings (SSSR count). The van der Waals surface area contributed by atoms with Gasteiger partial charge < -0.3 is 16.2 Å². The molecule has 1 aromatic carbocycles. The number of aromatic nitrogens is 3. The number of amidine groups is 1. The van der Waals surface area contributed by atoms with Crippen LogP contribution in [0.25, 0.3) is 5.57 Å². The molecule has 0 aliphatic carbocycles. The van der Waals surface area contributed by atoms with Crippen LogP contribution < -0.4 is 11.1 Å². The maximum absolute atomic E-state index is 13.8. The molecule has 0 saturated carbocycles. The summed E-state index contributed by atoms with van der Waals surface area (Å²) in [5.41, 5.74) is 6.83. The Labute approximate surface area is 196 Å². The lowest BCUT2D eigenvalue weighted by Crippen LogP contribution is -2.44. The second-order valence-corrected chi connectivity index (χ2v) is 9.15. The molecule has 1 aliphatic rings. The monoisotopic (exact) mass is 496 g/mol. The van der Waals surface area contributed by atoms with E-state index in [1.54, 1.807) is 18.5 Å². The van der Waals surface area contributed by atoms with Crippen LogP contribution >= 0.6 is 22.9 Å². The van der Waals surface area contributed by atoms with Gasteiger partial charge in [0, 0.05) is 51.6 Å². The number of aliphatic imine (C=N–C) groups is 1. The molecule has 2 atom stereocenters. The zero-order chi connectivity index (χ0) is 23.8. The number of nitrogens with one attached hydrogen (secondary N) is 1. The number of aliphatic hydroxyl groups is 1. The van der Waals surface area contributed by atoms with Gasteiger partial charge in [-0.15, -0.1) is 11.3 Å². The molecule has 2 aromatic heterocycles. The Kier molecular flexibility index (Phi) is 6.57. The lowest BCUT2D eigenvalue weighted by molar-refractivity contribution is 0.0564. The van der Waals surface area contributed by atoms with Crippen LogP contribution in [0.15, 0.2) is 52.7 Å². The highest BCUT2D eigenvalue weighted by molar-refractivity contribution is 7.11. The summed E-state index contributed by atoms with van der Waals surface area (Å²) in [6.45, 7) is -1.51. The van der Waals surface area contributed by atoms with Crippen molar-refractivity contribution in [1.82, 2.24) is 20.1 Å². The van der Waals surface area contributed by atoms with Gasteiger partial charge in [-0.1, -0.05) is 17.7 Å². The van der Waals surface area contributed by atoms with Gasteiger partial charge in [-0.25, -0.2) is 14.1 Å². The van der Waals surface area contributed by atoms with Crippen LogP contribution in [-0.4, -0.2) is 37.9 Å². The summed E-state index contributed by atoms with van der Waals surface area (Å²) in [5.74, 6) is -0.111. The summed E-state index contributed by atoms with van der Waals surface area (Å²) in [5, 5.41) is 19.5. The molecule has 33 heavy (non-hydrogen) atoms. The van der Waals surface area contributed by atoms with E-state index in [9.17, 15) is 18.3 Å². The molecule has 3 aromatic rings. The number of hydrogen-bond donors (Lipinski definition) is 3. The van der Waals surface area contributed by atoms with Gasteiger partial charge in [0.25, 0.3) is 0 Å². The van der Waals surface area contributed by atoms with Crippen molar-refractivity contribution in [1.29, 1.82) is 0 Å².